The molecule has 0 aliphatic rings. The zero-order valence-electron chi connectivity index (χ0n) is 17.0. The van der Waals surface area contributed by atoms with Gasteiger partial charge >= 0.3 is 0 Å². The average Bonchev–Trinajstić information content (AvgIpc) is 2.48. The molecule has 0 saturated heterocycles. The maximum absolute atomic E-state index is 6.26. The van der Waals surface area contributed by atoms with Crippen molar-refractivity contribution in [3.8, 4) is 18.1 Å². The lowest BCUT2D eigenvalue weighted by molar-refractivity contribution is 0.299. The topological polar surface area (TPSA) is 9.23 Å². The van der Waals surface area contributed by atoms with Crippen molar-refractivity contribution >= 4 is 0 Å². The Morgan fingerprint density at radius 2 is 1.50 bits per heavy atom. The van der Waals surface area contributed by atoms with E-state index in [1.807, 2.05) is 0 Å². The van der Waals surface area contributed by atoms with Crippen molar-refractivity contribution in [3.63, 3.8) is 0 Å². The molecule has 1 aromatic rings. The summed E-state index contributed by atoms with van der Waals surface area (Å²) in [6.07, 6.45) is 8.48. The molecule has 1 heteroatoms. The van der Waals surface area contributed by atoms with Crippen molar-refractivity contribution in [1.29, 1.82) is 0 Å². The molecule has 0 saturated carbocycles. The Kier molecular flexibility index (Phi) is 6.97. The minimum atomic E-state index is 0.0352. The summed E-state index contributed by atoms with van der Waals surface area (Å²) in [5.41, 5.74) is 4.03. The Bertz CT molecular complexity index is 541. The molecule has 0 heterocycles. The smallest absolute Gasteiger partial charge is 0.126 e. The molecule has 134 valence electrons. The molecule has 1 rings (SSSR count). The van der Waals surface area contributed by atoms with Crippen LogP contribution in [0.3, 0.4) is 0 Å². The van der Waals surface area contributed by atoms with Gasteiger partial charge in [-0.25, -0.2) is 0 Å². The second-order valence-corrected chi connectivity index (χ2v) is 8.81. The number of hydrogen-bond donors (Lipinski definition) is 0. The lowest BCUT2D eigenvalue weighted by atomic mass is 9.76. The molecule has 1 aromatic carbocycles. The van der Waals surface area contributed by atoms with Crippen molar-refractivity contribution in [1.82, 2.24) is 0 Å². The fourth-order valence-electron chi connectivity index (χ4n) is 3.00. The summed E-state index contributed by atoms with van der Waals surface area (Å²) in [5, 5.41) is 0. The van der Waals surface area contributed by atoms with Crippen molar-refractivity contribution in [3.05, 3.63) is 28.8 Å². The van der Waals surface area contributed by atoms with Crippen LogP contribution in [0.2, 0.25) is 0 Å². The fourth-order valence-corrected chi connectivity index (χ4v) is 3.00. The Labute approximate surface area is 150 Å². The minimum Gasteiger partial charge on any atom is -0.493 e. The quantitative estimate of drug-likeness (QED) is 0.535. The van der Waals surface area contributed by atoms with E-state index in [4.69, 9.17) is 11.2 Å². The summed E-state index contributed by atoms with van der Waals surface area (Å²) in [6, 6.07) is 4.68. The van der Waals surface area contributed by atoms with E-state index in [9.17, 15) is 0 Å². The third kappa shape index (κ3) is 5.04. The van der Waals surface area contributed by atoms with Crippen LogP contribution in [-0.4, -0.2) is 6.61 Å². The van der Waals surface area contributed by atoms with E-state index in [0.717, 1.165) is 31.6 Å². The Morgan fingerprint density at radius 1 is 1.00 bits per heavy atom. The predicted molar refractivity (Wildman–Crippen MR) is 106 cm³/mol. The molecular formula is C23H36O. The number of benzene rings is 1. The molecule has 0 N–H and O–H groups in total. The maximum Gasteiger partial charge on any atom is 0.126 e. The minimum absolute atomic E-state index is 0.0352. The van der Waals surface area contributed by atoms with Gasteiger partial charge < -0.3 is 4.74 Å². The molecule has 1 nitrogen and oxygen atoms in total. The van der Waals surface area contributed by atoms with E-state index in [-0.39, 0.29) is 10.8 Å². The maximum atomic E-state index is 6.26. The highest BCUT2D eigenvalue weighted by Gasteiger charge is 2.29. The van der Waals surface area contributed by atoms with E-state index < -0.39 is 0 Å². The molecule has 0 spiro atoms. The van der Waals surface area contributed by atoms with Gasteiger partial charge in [0.1, 0.15) is 5.75 Å². The molecular weight excluding hydrogens is 292 g/mol. The zero-order valence-corrected chi connectivity index (χ0v) is 17.0. The van der Waals surface area contributed by atoms with Crippen molar-refractivity contribution in [2.75, 3.05) is 6.61 Å². The van der Waals surface area contributed by atoms with E-state index in [0.29, 0.717) is 5.92 Å². The van der Waals surface area contributed by atoms with Gasteiger partial charge in [0.2, 0.25) is 0 Å². The molecule has 0 fully saturated rings. The number of rotatable bonds is 6. The van der Waals surface area contributed by atoms with Crippen LogP contribution >= 0.6 is 0 Å². The molecule has 0 aromatic heterocycles. The van der Waals surface area contributed by atoms with E-state index in [1.165, 1.54) is 16.7 Å². The largest absolute Gasteiger partial charge is 0.493 e. The first-order chi connectivity index (χ1) is 11.1. The highest BCUT2D eigenvalue weighted by Crippen LogP contribution is 2.42. The van der Waals surface area contributed by atoms with Crippen molar-refractivity contribution < 1.29 is 4.74 Å². The lowest BCUT2D eigenvalue weighted by Gasteiger charge is -2.31. The van der Waals surface area contributed by atoms with Crippen LogP contribution in [0.15, 0.2) is 12.1 Å². The second kappa shape index (κ2) is 8.11. The number of hydrogen-bond acceptors (Lipinski definition) is 1. The van der Waals surface area contributed by atoms with Gasteiger partial charge in [0.05, 0.1) is 6.61 Å². The van der Waals surface area contributed by atoms with Crippen LogP contribution in [0.4, 0.5) is 0 Å². The van der Waals surface area contributed by atoms with Gasteiger partial charge in [-0.05, 0) is 35.2 Å². The second-order valence-electron chi connectivity index (χ2n) is 8.81. The summed E-state index contributed by atoms with van der Waals surface area (Å²) < 4.78 is 6.26. The zero-order chi connectivity index (χ0) is 18.5. The molecule has 0 radical (unpaired) electrons. The lowest BCUT2D eigenvalue weighted by Crippen LogP contribution is -2.21. The van der Waals surface area contributed by atoms with Crippen LogP contribution < -0.4 is 4.74 Å². The van der Waals surface area contributed by atoms with Crippen LogP contribution in [0.5, 0.6) is 5.75 Å². The molecule has 1 atom stereocenters. The Hall–Kier alpha value is -1.42. The highest BCUT2D eigenvalue weighted by atomic mass is 16.5. The third-order valence-electron chi connectivity index (χ3n) is 4.51. The van der Waals surface area contributed by atoms with Crippen LogP contribution in [0.25, 0.3) is 0 Å². The van der Waals surface area contributed by atoms with Gasteiger partial charge in [-0.3, -0.25) is 0 Å². The molecule has 0 bridgehead atoms. The highest BCUT2D eigenvalue weighted by molar-refractivity contribution is 5.51. The number of ether oxygens (including phenoxy) is 1. The summed E-state index contributed by atoms with van der Waals surface area (Å²) >= 11 is 0. The average molecular weight is 329 g/mol. The first-order valence-electron chi connectivity index (χ1n) is 9.31. The molecule has 0 aliphatic carbocycles. The van der Waals surface area contributed by atoms with Crippen LogP contribution in [-0.2, 0) is 10.8 Å². The summed E-state index contributed by atoms with van der Waals surface area (Å²) in [4.78, 5) is 0. The van der Waals surface area contributed by atoms with Gasteiger partial charge in [0.15, 0.2) is 0 Å². The fraction of sp³-hybridized carbons (Fsp3) is 0.652. The Balaban J connectivity index is 3.66. The third-order valence-corrected chi connectivity index (χ3v) is 4.51. The molecule has 0 aliphatic heterocycles. The number of terminal acetylenes is 1. The van der Waals surface area contributed by atoms with Crippen LogP contribution in [0.1, 0.15) is 97.3 Å². The monoisotopic (exact) mass is 328 g/mol. The first-order valence-corrected chi connectivity index (χ1v) is 9.31. The van der Waals surface area contributed by atoms with Gasteiger partial charge in [-0.1, -0.05) is 67.5 Å². The molecule has 24 heavy (non-hydrogen) atoms. The summed E-state index contributed by atoms with van der Waals surface area (Å²) in [6.45, 7) is 18.7. The van der Waals surface area contributed by atoms with E-state index in [1.54, 1.807) is 0 Å². The Morgan fingerprint density at radius 3 is 1.83 bits per heavy atom. The van der Waals surface area contributed by atoms with Gasteiger partial charge in [-0.2, -0.15) is 0 Å². The SMILES string of the molecule is C#CCC(CC)c1cc(C(C)(C)C)c(OCCC)c(C(C)(C)C)c1. The van der Waals surface area contributed by atoms with E-state index >= 15 is 0 Å². The van der Waals surface area contributed by atoms with Crippen molar-refractivity contribution in [2.24, 2.45) is 0 Å². The van der Waals surface area contributed by atoms with Gasteiger partial charge in [0.25, 0.3) is 0 Å². The van der Waals surface area contributed by atoms with E-state index in [2.05, 4.69) is 73.4 Å². The van der Waals surface area contributed by atoms with Gasteiger partial charge in [-0.15, -0.1) is 12.3 Å². The first kappa shape index (κ1) is 20.6. The van der Waals surface area contributed by atoms with Gasteiger partial charge in [0, 0.05) is 17.5 Å². The summed E-state index contributed by atoms with van der Waals surface area (Å²) in [5.74, 6) is 4.35. The summed E-state index contributed by atoms with van der Waals surface area (Å²) in [7, 11) is 0. The molecule has 1 unspecified atom stereocenters. The predicted octanol–water partition coefficient (Wildman–Crippen LogP) is 6.59. The van der Waals surface area contributed by atoms with Crippen molar-refractivity contribution in [2.45, 2.75) is 91.4 Å². The van der Waals surface area contributed by atoms with Crippen LogP contribution in [0, 0.1) is 12.3 Å². The normalized spacial score (nSPS) is 13.5. The molecule has 0 amide bonds. The standard InChI is InChI=1S/C23H36O/c1-10-13-17(12-3)18-15-19(22(4,5)6)21(24-14-11-2)20(16-18)23(7,8)9/h1,15-17H,11-14H2,2-9H3.